The number of aromatic nitrogens is 1. The van der Waals surface area contributed by atoms with Crippen molar-refractivity contribution in [1.29, 1.82) is 0 Å². The van der Waals surface area contributed by atoms with Gasteiger partial charge in [0, 0.05) is 11.8 Å². The van der Waals surface area contributed by atoms with E-state index in [0.29, 0.717) is 31.9 Å². The third-order valence-electron chi connectivity index (χ3n) is 4.75. The number of hydrogen-bond acceptors (Lipinski definition) is 8. The van der Waals surface area contributed by atoms with Crippen molar-refractivity contribution >= 4 is 40.7 Å². The first-order valence-corrected chi connectivity index (χ1v) is 11.6. The van der Waals surface area contributed by atoms with Gasteiger partial charge in [0.1, 0.15) is 11.8 Å². The number of fused-ring (bicyclic) bond motifs is 1. The predicted molar refractivity (Wildman–Crippen MR) is 122 cm³/mol. The van der Waals surface area contributed by atoms with Gasteiger partial charge in [0.2, 0.25) is 0 Å². The molecule has 0 N–H and O–H groups in total. The first kappa shape index (κ1) is 21.9. The number of ether oxygens (including phenoxy) is 2. The molecular formula is C23H20N2O5S2. The summed E-state index contributed by atoms with van der Waals surface area (Å²) in [6.07, 6.45) is 1.73. The highest BCUT2D eigenvalue weighted by Crippen LogP contribution is 2.33. The zero-order chi connectivity index (χ0) is 22.8. The van der Waals surface area contributed by atoms with Gasteiger partial charge in [-0.1, -0.05) is 29.5 Å². The van der Waals surface area contributed by atoms with Crippen LogP contribution in [0.15, 0.2) is 62.8 Å². The fraction of sp³-hybridized carbons (Fsp3) is 0.217. The molecule has 0 saturated heterocycles. The molecule has 7 nitrogen and oxygen atoms in total. The quantitative estimate of drug-likeness (QED) is 0.425. The molecule has 1 unspecified atom stereocenters. The van der Waals surface area contributed by atoms with Crippen LogP contribution >= 0.6 is 22.7 Å². The molecule has 3 heterocycles. The summed E-state index contributed by atoms with van der Waals surface area (Å²) in [5.41, 5.74) is 1.36. The zero-order valence-corrected chi connectivity index (χ0v) is 19.3. The second-order valence-corrected chi connectivity index (χ2v) is 8.97. The van der Waals surface area contributed by atoms with Gasteiger partial charge in [-0.25, -0.2) is 9.79 Å². The molecule has 32 heavy (non-hydrogen) atoms. The largest absolute Gasteiger partial charge is 0.463 e. The van der Waals surface area contributed by atoms with E-state index in [0.717, 1.165) is 4.88 Å². The van der Waals surface area contributed by atoms with Crippen molar-refractivity contribution in [1.82, 2.24) is 4.57 Å². The minimum atomic E-state index is -0.597. The average Bonchev–Trinajstić information content (AvgIpc) is 3.36. The number of rotatable bonds is 5. The Bertz CT molecular complexity index is 1400. The normalized spacial score (nSPS) is 15.8. The minimum absolute atomic E-state index is 0.232. The summed E-state index contributed by atoms with van der Waals surface area (Å²) in [6.45, 7) is 5.06. The molecule has 164 valence electrons. The highest BCUT2D eigenvalue weighted by Gasteiger charge is 2.33. The highest BCUT2D eigenvalue weighted by atomic mass is 32.1. The molecule has 3 aromatic rings. The molecule has 1 atom stereocenters. The number of nitrogens with zero attached hydrogens (tertiary/aromatic N) is 2. The van der Waals surface area contributed by atoms with Crippen LogP contribution in [0.5, 0.6) is 5.75 Å². The van der Waals surface area contributed by atoms with Crippen LogP contribution in [0, 0.1) is 0 Å². The van der Waals surface area contributed by atoms with Crippen LogP contribution in [0.25, 0.3) is 6.08 Å². The maximum absolute atomic E-state index is 13.4. The maximum Gasteiger partial charge on any atom is 0.338 e. The maximum atomic E-state index is 13.4. The van der Waals surface area contributed by atoms with Gasteiger partial charge >= 0.3 is 11.9 Å². The van der Waals surface area contributed by atoms with Gasteiger partial charge in [-0.15, -0.1) is 11.3 Å². The third kappa shape index (κ3) is 4.21. The van der Waals surface area contributed by atoms with Crippen molar-refractivity contribution in [2.24, 2.45) is 4.99 Å². The molecule has 0 saturated carbocycles. The first-order chi connectivity index (χ1) is 15.4. The highest BCUT2D eigenvalue weighted by molar-refractivity contribution is 7.10. The Kier molecular flexibility index (Phi) is 6.20. The Morgan fingerprint density at radius 1 is 1.25 bits per heavy atom. The van der Waals surface area contributed by atoms with E-state index in [-0.39, 0.29) is 12.2 Å². The van der Waals surface area contributed by atoms with Gasteiger partial charge < -0.3 is 9.47 Å². The number of hydrogen-bond donors (Lipinski definition) is 0. The minimum Gasteiger partial charge on any atom is -0.463 e. The third-order valence-corrected chi connectivity index (χ3v) is 6.65. The van der Waals surface area contributed by atoms with E-state index in [1.807, 2.05) is 23.6 Å². The number of esters is 2. The van der Waals surface area contributed by atoms with Crippen molar-refractivity contribution in [3.63, 3.8) is 0 Å². The second-order valence-electron chi connectivity index (χ2n) is 6.98. The predicted octanol–water partition coefficient (Wildman–Crippen LogP) is 2.79. The van der Waals surface area contributed by atoms with Crippen LogP contribution in [0.1, 0.15) is 37.3 Å². The van der Waals surface area contributed by atoms with Crippen molar-refractivity contribution in [2.75, 3.05) is 6.61 Å². The van der Waals surface area contributed by atoms with E-state index in [1.165, 1.54) is 29.6 Å². The number of thiophene rings is 1. The smallest absolute Gasteiger partial charge is 0.338 e. The van der Waals surface area contributed by atoms with E-state index in [1.54, 1.807) is 42.7 Å². The Labute approximate surface area is 191 Å². The van der Waals surface area contributed by atoms with Gasteiger partial charge in [0.15, 0.2) is 4.80 Å². The summed E-state index contributed by atoms with van der Waals surface area (Å²) in [5.74, 6) is -0.495. The molecular weight excluding hydrogens is 448 g/mol. The molecule has 2 aromatic heterocycles. The molecule has 4 rings (SSSR count). The van der Waals surface area contributed by atoms with Crippen LogP contribution in [0.2, 0.25) is 0 Å². The van der Waals surface area contributed by atoms with E-state index >= 15 is 0 Å². The van der Waals surface area contributed by atoms with E-state index in [2.05, 4.69) is 4.99 Å². The Balaban J connectivity index is 1.88. The van der Waals surface area contributed by atoms with Crippen LogP contribution < -0.4 is 19.6 Å². The molecule has 0 fully saturated rings. The van der Waals surface area contributed by atoms with E-state index in [9.17, 15) is 14.4 Å². The van der Waals surface area contributed by atoms with Crippen molar-refractivity contribution in [2.45, 2.75) is 26.8 Å². The molecule has 0 aliphatic carbocycles. The Morgan fingerprint density at radius 3 is 2.75 bits per heavy atom. The topological polar surface area (TPSA) is 87.0 Å². The lowest BCUT2D eigenvalue weighted by atomic mass is 10.0. The van der Waals surface area contributed by atoms with Crippen LogP contribution in [-0.4, -0.2) is 23.1 Å². The van der Waals surface area contributed by atoms with Crippen LogP contribution in [0.3, 0.4) is 0 Å². The molecule has 0 bridgehead atoms. The van der Waals surface area contributed by atoms with Gasteiger partial charge in [-0.3, -0.25) is 14.2 Å². The number of carbonyl (C=O) groups excluding carboxylic acids is 2. The fourth-order valence-corrected chi connectivity index (χ4v) is 5.36. The van der Waals surface area contributed by atoms with Gasteiger partial charge in [0.25, 0.3) is 5.56 Å². The average molecular weight is 469 g/mol. The molecule has 0 amide bonds. The Hall–Kier alpha value is -3.30. The van der Waals surface area contributed by atoms with Crippen molar-refractivity contribution in [3.05, 3.63) is 83.2 Å². The monoisotopic (exact) mass is 468 g/mol. The van der Waals surface area contributed by atoms with Gasteiger partial charge in [-0.05, 0) is 49.1 Å². The number of benzene rings is 1. The summed E-state index contributed by atoms with van der Waals surface area (Å²) in [6, 6.07) is 10.1. The first-order valence-electron chi connectivity index (χ1n) is 9.90. The molecule has 1 aliphatic heterocycles. The molecule has 0 radical (unpaired) electrons. The van der Waals surface area contributed by atoms with E-state index in [4.69, 9.17) is 9.47 Å². The summed E-state index contributed by atoms with van der Waals surface area (Å²) in [7, 11) is 0. The summed E-state index contributed by atoms with van der Waals surface area (Å²) < 4.78 is 12.4. The molecule has 1 aliphatic rings. The van der Waals surface area contributed by atoms with Gasteiger partial charge in [-0.2, -0.15) is 0 Å². The number of thiazole rings is 1. The fourth-order valence-electron chi connectivity index (χ4n) is 3.49. The SMILES string of the molecule is CCOC(=O)C1=C(C)N=c2s/c(=C\c3cccc(OC(C)=O)c3)c(=O)n2C1c1cccs1. The number of carbonyl (C=O) groups is 2. The lowest BCUT2D eigenvalue weighted by Crippen LogP contribution is -2.39. The van der Waals surface area contributed by atoms with Crippen molar-refractivity contribution < 1.29 is 19.1 Å². The summed E-state index contributed by atoms with van der Waals surface area (Å²) in [5, 5.41) is 1.91. The van der Waals surface area contributed by atoms with Gasteiger partial charge in [0.05, 0.1) is 22.4 Å². The summed E-state index contributed by atoms with van der Waals surface area (Å²) in [4.78, 5) is 43.4. The van der Waals surface area contributed by atoms with Crippen LogP contribution in [-0.2, 0) is 14.3 Å². The molecule has 9 heteroatoms. The standard InChI is InChI=1S/C23H20N2O5S2/c1-4-29-22(28)19-13(2)24-23-25(20(19)17-9-6-10-31-17)21(27)18(32-23)12-15-7-5-8-16(11-15)30-14(3)26/h5-12,20H,4H2,1-3H3/b18-12-. The number of allylic oxidation sites excluding steroid dienone is 1. The van der Waals surface area contributed by atoms with Crippen molar-refractivity contribution in [3.8, 4) is 5.75 Å². The van der Waals surface area contributed by atoms with E-state index < -0.39 is 18.0 Å². The van der Waals surface area contributed by atoms with Crippen LogP contribution in [0.4, 0.5) is 0 Å². The summed E-state index contributed by atoms with van der Waals surface area (Å²) >= 11 is 2.71. The lowest BCUT2D eigenvalue weighted by Gasteiger charge is -2.23. The molecule has 0 spiro atoms. The lowest BCUT2D eigenvalue weighted by molar-refractivity contribution is -0.139. The molecule has 1 aromatic carbocycles. The zero-order valence-electron chi connectivity index (χ0n) is 17.7. The second kappa shape index (κ2) is 9.05. The Morgan fingerprint density at radius 2 is 2.06 bits per heavy atom.